The molecule has 0 aromatic carbocycles. The standard InChI is InChI=1S/C19H20N4O4S/c1-10-7-12(9-20-16(10)19(25)26)21-17(24)15-8-14-11(2)22-23(18(14)28-15)13-3-5-27-6-4-13/h7-9,13H,3-6H2,1-2H3,(H,21,24)(H,25,26). The molecule has 1 aliphatic heterocycles. The molecule has 3 aromatic heterocycles. The lowest BCUT2D eigenvalue weighted by atomic mass is 10.1. The minimum Gasteiger partial charge on any atom is -0.477 e. The van der Waals surface area contributed by atoms with E-state index in [1.54, 1.807) is 13.0 Å². The van der Waals surface area contributed by atoms with Crippen molar-refractivity contribution in [2.24, 2.45) is 0 Å². The van der Waals surface area contributed by atoms with E-state index in [1.807, 2.05) is 17.7 Å². The van der Waals surface area contributed by atoms with Gasteiger partial charge in [-0.1, -0.05) is 0 Å². The molecule has 0 radical (unpaired) electrons. The Morgan fingerprint density at radius 2 is 2.04 bits per heavy atom. The Bertz CT molecular complexity index is 1070. The number of amides is 1. The number of carbonyl (C=O) groups is 2. The number of carbonyl (C=O) groups excluding carboxylic acids is 1. The number of thiophene rings is 1. The highest BCUT2D eigenvalue weighted by Crippen LogP contribution is 2.33. The van der Waals surface area contributed by atoms with Gasteiger partial charge in [-0.15, -0.1) is 11.3 Å². The van der Waals surface area contributed by atoms with Gasteiger partial charge in [0.2, 0.25) is 0 Å². The summed E-state index contributed by atoms with van der Waals surface area (Å²) in [6.07, 6.45) is 3.18. The molecular weight excluding hydrogens is 380 g/mol. The van der Waals surface area contributed by atoms with Gasteiger partial charge < -0.3 is 15.2 Å². The SMILES string of the molecule is Cc1cc(NC(=O)c2cc3c(C)nn(C4CCOCC4)c3s2)cnc1C(=O)O. The molecule has 146 valence electrons. The molecule has 4 rings (SSSR count). The van der Waals surface area contributed by atoms with Gasteiger partial charge in [-0.25, -0.2) is 9.78 Å². The maximum absolute atomic E-state index is 12.7. The first-order valence-corrected chi connectivity index (χ1v) is 9.83. The van der Waals surface area contributed by atoms with Crippen LogP contribution < -0.4 is 5.32 Å². The third-order valence-corrected chi connectivity index (χ3v) is 5.99. The molecule has 0 saturated carbocycles. The van der Waals surface area contributed by atoms with E-state index < -0.39 is 5.97 Å². The molecule has 4 heterocycles. The van der Waals surface area contributed by atoms with Crippen molar-refractivity contribution in [1.29, 1.82) is 0 Å². The van der Waals surface area contributed by atoms with Crippen molar-refractivity contribution in [3.05, 3.63) is 40.2 Å². The largest absolute Gasteiger partial charge is 0.477 e. The van der Waals surface area contributed by atoms with Crippen LogP contribution in [0.5, 0.6) is 0 Å². The molecule has 0 atom stereocenters. The molecule has 1 aliphatic rings. The highest BCUT2D eigenvalue weighted by Gasteiger charge is 2.23. The van der Waals surface area contributed by atoms with E-state index in [2.05, 4.69) is 15.4 Å². The predicted octanol–water partition coefficient (Wildman–Crippen LogP) is 3.41. The number of carboxylic acid groups (broad SMARTS) is 1. The van der Waals surface area contributed by atoms with Crippen LogP contribution in [0, 0.1) is 13.8 Å². The van der Waals surface area contributed by atoms with Crippen LogP contribution in [0.3, 0.4) is 0 Å². The molecule has 0 bridgehead atoms. The first-order valence-electron chi connectivity index (χ1n) is 9.01. The van der Waals surface area contributed by atoms with Crippen LogP contribution in [0.2, 0.25) is 0 Å². The smallest absolute Gasteiger partial charge is 0.354 e. The Kier molecular flexibility index (Phi) is 4.86. The van der Waals surface area contributed by atoms with E-state index in [0.717, 1.165) is 42.0 Å². The van der Waals surface area contributed by atoms with Crippen LogP contribution in [-0.2, 0) is 4.74 Å². The van der Waals surface area contributed by atoms with Crippen LogP contribution in [0.4, 0.5) is 5.69 Å². The first-order chi connectivity index (χ1) is 13.4. The third kappa shape index (κ3) is 3.38. The second kappa shape index (κ2) is 7.33. The van der Waals surface area contributed by atoms with Crippen molar-refractivity contribution in [2.75, 3.05) is 18.5 Å². The lowest BCUT2D eigenvalue weighted by molar-refractivity contribution is 0.0674. The Morgan fingerprint density at radius 3 is 2.71 bits per heavy atom. The molecule has 28 heavy (non-hydrogen) atoms. The van der Waals surface area contributed by atoms with Crippen LogP contribution in [-0.4, -0.2) is 45.0 Å². The fourth-order valence-electron chi connectivity index (χ4n) is 3.42. The molecule has 0 aliphatic carbocycles. The second-order valence-electron chi connectivity index (χ2n) is 6.85. The molecule has 9 heteroatoms. The third-order valence-electron chi connectivity index (χ3n) is 4.87. The lowest BCUT2D eigenvalue weighted by Crippen LogP contribution is -2.20. The van der Waals surface area contributed by atoms with Crippen LogP contribution in [0.15, 0.2) is 18.3 Å². The number of rotatable bonds is 4. The molecule has 1 fully saturated rings. The number of aryl methyl sites for hydroxylation is 2. The lowest BCUT2D eigenvalue weighted by Gasteiger charge is -2.22. The summed E-state index contributed by atoms with van der Waals surface area (Å²) in [6.45, 7) is 5.05. The Morgan fingerprint density at radius 1 is 1.29 bits per heavy atom. The molecule has 0 unspecified atom stereocenters. The van der Waals surface area contributed by atoms with E-state index in [9.17, 15) is 9.59 Å². The van der Waals surface area contributed by atoms with E-state index in [0.29, 0.717) is 16.1 Å². The summed E-state index contributed by atoms with van der Waals surface area (Å²) >= 11 is 1.41. The van der Waals surface area contributed by atoms with E-state index in [-0.39, 0.29) is 17.6 Å². The summed E-state index contributed by atoms with van der Waals surface area (Å²) in [7, 11) is 0. The summed E-state index contributed by atoms with van der Waals surface area (Å²) in [5, 5.41) is 17.5. The van der Waals surface area contributed by atoms with Crippen molar-refractivity contribution >= 4 is 39.1 Å². The number of aromatic nitrogens is 3. The summed E-state index contributed by atoms with van der Waals surface area (Å²) in [5.41, 5.74) is 1.84. The topological polar surface area (TPSA) is 106 Å². The number of aromatic carboxylic acids is 1. The molecule has 8 nitrogen and oxygen atoms in total. The average Bonchev–Trinajstić information content (AvgIpc) is 3.23. The zero-order valence-corrected chi connectivity index (χ0v) is 16.4. The van der Waals surface area contributed by atoms with Gasteiger partial charge in [0, 0.05) is 18.6 Å². The number of pyridine rings is 1. The number of nitrogens with one attached hydrogen (secondary N) is 1. The zero-order chi connectivity index (χ0) is 19.8. The van der Waals surface area contributed by atoms with Crippen molar-refractivity contribution in [2.45, 2.75) is 32.7 Å². The van der Waals surface area contributed by atoms with Gasteiger partial charge in [-0.2, -0.15) is 5.10 Å². The Balaban J connectivity index is 1.59. The first kappa shape index (κ1) is 18.6. The normalized spacial score (nSPS) is 15.1. The van der Waals surface area contributed by atoms with Crippen LogP contribution >= 0.6 is 11.3 Å². The van der Waals surface area contributed by atoms with Gasteiger partial charge in [-0.3, -0.25) is 9.48 Å². The maximum Gasteiger partial charge on any atom is 0.354 e. The summed E-state index contributed by atoms with van der Waals surface area (Å²) < 4.78 is 7.47. The highest BCUT2D eigenvalue weighted by atomic mass is 32.1. The molecule has 2 N–H and O–H groups in total. The van der Waals surface area contributed by atoms with Crippen molar-refractivity contribution in [3.63, 3.8) is 0 Å². The van der Waals surface area contributed by atoms with Gasteiger partial charge in [0.25, 0.3) is 5.91 Å². The number of ether oxygens (including phenoxy) is 1. The monoisotopic (exact) mass is 400 g/mol. The summed E-state index contributed by atoms with van der Waals surface area (Å²) in [5.74, 6) is -1.34. The molecule has 3 aromatic rings. The number of hydrogen-bond acceptors (Lipinski definition) is 6. The number of nitrogens with zero attached hydrogens (tertiary/aromatic N) is 3. The maximum atomic E-state index is 12.7. The quantitative estimate of drug-likeness (QED) is 0.695. The number of carboxylic acids is 1. The van der Waals surface area contributed by atoms with E-state index in [4.69, 9.17) is 9.84 Å². The number of hydrogen-bond donors (Lipinski definition) is 2. The molecule has 0 spiro atoms. The number of anilines is 1. The van der Waals surface area contributed by atoms with Crippen LogP contribution in [0.1, 0.15) is 50.3 Å². The Labute approximate surface area is 165 Å². The fourth-order valence-corrected chi connectivity index (χ4v) is 4.55. The number of fused-ring (bicyclic) bond motifs is 1. The van der Waals surface area contributed by atoms with Gasteiger partial charge in [-0.05, 0) is 44.4 Å². The highest BCUT2D eigenvalue weighted by molar-refractivity contribution is 7.20. The van der Waals surface area contributed by atoms with Crippen molar-refractivity contribution in [3.8, 4) is 0 Å². The molecule has 1 amide bonds. The predicted molar refractivity (Wildman–Crippen MR) is 105 cm³/mol. The summed E-state index contributed by atoms with van der Waals surface area (Å²) in [6, 6.07) is 3.76. The molecular formula is C19H20N4O4S. The Hall–Kier alpha value is -2.78. The van der Waals surface area contributed by atoms with E-state index in [1.165, 1.54) is 17.5 Å². The fraction of sp³-hybridized carbons (Fsp3) is 0.368. The zero-order valence-electron chi connectivity index (χ0n) is 15.6. The van der Waals surface area contributed by atoms with Gasteiger partial charge in [0.05, 0.1) is 28.5 Å². The van der Waals surface area contributed by atoms with Crippen LogP contribution in [0.25, 0.3) is 10.2 Å². The average molecular weight is 400 g/mol. The van der Waals surface area contributed by atoms with Gasteiger partial charge >= 0.3 is 5.97 Å². The van der Waals surface area contributed by atoms with Crippen molar-refractivity contribution in [1.82, 2.24) is 14.8 Å². The van der Waals surface area contributed by atoms with Gasteiger partial charge in [0.1, 0.15) is 4.83 Å². The minimum absolute atomic E-state index is 0.0213. The summed E-state index contributed by atoms with van der Waals surface area (Å²) in [4.78, 5) is 29.3. The van der Waals surface area contributed by atoms with Crippen molar-refractivity contribution < 1.29 is 19.4 Å². The second-order valence-corrected chi connectivity index (χ2v) is 7.88. The van der Waals surface area contributed by atoms with Gasteiger partial charge in [0.15, 0.2) is 5.69 Å². The minimum atomic E-state index is -1.09. The molecule has 1 saturated heterocycles. The van der Waals surface area contributed by atoms with E-state index >= 15 is 0 Å².